The van der Waals surface area contributed by atoms with Crippen molar-refractivity contribution in [2.75, 3.05) is 19.7 Å². The van der Waals surface area contributed by atoms with Gasteiger partial charge in [0.2, 0.25) is 11.8 Å². The summed E-state index contributed by atoms with van der Waals surface area (Å²) in [5.74, 6) is 1.44. The predicted octanol–water partition coefficient (Wildman–Crippen LogP) is 4.89. The normalized spacial score (nSPS) is 15.9. The zero-order valence-corrected chi connectivity index (χ0v) is 19.8. The zero-order chi connectivity index (χ0) is 23.0. The number of carbonyl (C=O) groups excluding carboxylic acids is 2. The first-order chi connectivity index (χ1) is 16.1. The van der Waals surface area contributed by atoms with Gasteiger partial charge in [0.1, 0.15) is 11.5 Å². The van der Waals surface area contributed by atoms with Gasteiger partial charge in [-0.3, -0.25) is 9.59 Å². The molecule has 0 bridgehead atoms. The van der Waals surface area contributed by atoms with Gasteiger partial charge in [0.25, 0.3) is 0 Å². The molecule has 0 radical (unpaired) electrons. The third-order valence-corrected chi connectivity index (χ3v) is 6.82. The van der Waals surface area contributed by atoms with Gasteiger partial charge in [0.05, 0.1) is 38.3 Å². The number of nitrogens with zero attached hydrogens (tertiary/aromatic N) is 2. The van der Waals surface area contributed by atoms with E-state index >= 15 is 0 Å². The molecule has 6 nitrogen and oxygen atoms in total. The topological polar surface area (TPSA) is 63.0 Å². The molecule has 7 heteroatoms. The van der Waals surface area contributed by atoms with Gasteiger partial charge >= 0.3 is 0 Å². The van der Waals surface area contributed by atoms with Crippen LogP contribution in [0.15, 0.2) is 65.3 Å². The fourth-order valence-corrected chi connectivity index (χ4v) is 5.06. The molecule has 1 saturated heterocycles. The first kappa shape index (κ1) is 23.1. The number of aryl methyl sites for hydroxylation is 1. The molecule has 4 rings (SSSR count). The monoisotopic (exact) mass is 466 g/mol. The lowest BCUT2D eigenvalue weighted by atomic mass is 9.96. The van der Waals surface area contributed by atoms with Crippen LogP contribution in [-0.4, -0.2) is 41.3 Å². The van der Waals surface area contributed by atoms with E-state index in [0.29, 0.717) is 39.2 Å². The predicted molar refractivity (Wildman–Crippen MR) is 128 cm³/mol. The molecule has 2 aromatic heterocycles. The number of carbonyl (C=O) groups is 2. The number of amides is 2. The van der Waals surface area contributed by atoms with E-state index < -0.39 is 0 Å². The van der Waals surface area contributed by atoms with E-state index in [1.165, 1.54) is 4.88 Å². The Hall–Kier alpha value is -3.06. The highest BCUT2D eigenvalue weighted by atomic mass is 32.1. The van der Waals surface area contributed by atoms with Gasteiger partial charge < -0.3 is 19.0 Å². The van der Waals surface area contributed by atoms with Gasteiger partial charge in [-0.15, -0.1) is 11.3 Å². The molecule has 0 aliphatic carbocycles. The van der Waals surface area contributed by atoms with Crippen LogP contribution in [0.25, 0.3) is 0 Å². The molecule has 0 saturated carbocycles. The lowest BCUT2D eigenvalue weighted by molar-refractivity contribution is -0.142. The molecule has 0 spiro atoms. The van der Waals surface area contributed by atoms with E-state index in [1.807, 2.05) is 52.3 Å². The Morgan fingerprint density at radius 1 is 1.12 bits per heavy atom. The molecule has 33 heavy (non-hydrogen) atoms. The first-order valence-corrected chi connectivity index (χ1v) is 12.2. The van der Waals surface area contributed by atoms with Crippen molar-refractivity contribution in [3.8, 4) is 5.75 Å². The fraction of sp³-hybridized carbons (Fsp3) is 0.385. The Kier molecular flexibility index (Phi) is 7.83. The second-order valence-electron chi connectivity index (χ2n) is 8.38. The van der Waals surface area contributed by atoms with E-state index in [-0.39, 0.29) is 17.7 Å². The minimum Gasteiger partial charge on any atom is -0.493 e. The van der Waals surface area contributed by atoms with Crippen LogP contribution in [0.5, 0.6) is 5.75 Å². The number of hydrogen-bond donors (Lipinski definition) is 0. The molecular weight excluding hydrogens is 436 g/mol. The minimum atomic E-state index is -0.200. The lowest BCUT2D eigenvalue weighted by Gasteiger charge is -2.35. The molecule has 3 heterocycles. The number of thiophene rings is 1. The minimum absolute atomic E-state index is 0.0369. The zero-order valence-electron chi connectivity index (χ0n) is 18.9. The third kappa shape index (κ3) is 6.48. The summed E-state index contributed by atoms with van der Waals surface area (Å²) in [6.45, 7) is 4.53. The van der Waals surface area contributed by atoms with Gasteiger partial charge in [0.15, 0.2) is 0 Å². The summed E-state index contributed by atoms with van der Waals surface area (Å²) < 4.78 is 11.2. The molecule has 2 amide bonds. The molecule has 1 atom stereocenters. The van der Waals surface area contributed by atoms with Crippen LogP contribution in [-0.2, 0) is 22.7 Å². The smallest absolute Gasteiger partial charge is 0.228 e. The van der Waals surface area contributed by atoms with Crippen molar-refractivity contribution in [2.45, 2.75) is 39.3 Å². The lowest BCUT2D eigenvalue weighted by Crippen LogP contribution is -2.46. The van der Waals surface area contributed by atoms with Crippen LogP contribution in [0.4, 0.5) is 0 Å². The van der Waals surface area contributed by atoms with Crippen molar-refractivity contribution in [1.29, 1.82) is 0 Å². The summed E-state index contributed by atoms with van der Waals surface area (Å²) in [4.78, 5) is 32.4. The number of benzene rings is 1. The summed E-state index contributed by atoms with van der Waals surface area (Å²) >= 11 is 1.70. The van der Waals surface area contributed by atoms with E-state index in [4.69, 9.17) is 9.15 Å². The van der Waals surface area contributed by atoms with E-state index in [9.17, 15) is 9.59 Å². The number of piperidine rings is 1. The molecule has 1 unspecified atom stereocenters. The molecule has 1 aliphatic heterocycles. The van der Waals surface area contributed by atoms with Crippen LogP contribution in [0.2, 0.25) is 0 Å². The Morgan fingerprint density at radius 3 is 2.70 bits per heavy atom. The number of rotatable bonds is 9. The molecule has 174 valence electrons. The van der Waals surface area contributed by atoms with E-state index in [0.717, 1.165) is 29.2 Å². The average Bonchev–Trinajstić information content (AvgIpc) is 3.50. The van der Waals surface area contributed by atoms with Gasteiger partial charge in [-0.1, -0.05) is 18.2 Å². The largest absolute Gasteiger partial charge is 0.493 e. The van der Waals surface area contributed by atoms with Gasteiger partial charge in [-0.2, -0.15) is 0 Å². The Balaban J connectivity index is 1.35. The van der Waals surface area contributed by atoms with Crippen molar-refractivity contribution >= 4 is 23.2 Å². The number of para-hydroxylation sites is 1. The van der Waals surface area contributed by atoms with Crippen molar-refractivity contribution in [3.63, 3.8) is 0 Å². The van der Waals surface area contributed by atoms with Gasteiger partial charge in [-0.25, -0.2) is 0 Å². The third-order valence-electron chi connectivity index (χ3n) is 5.83. The highest BCUT2D eigenvalue weighted by Crippen LogP contribution is 2.24. The Morgan fingerprint density at radius 2 is 1.97 bits per heavy atom. The Labute approximate surface area is 198 Å². The maximum atomic E-state index is 13.5. The van der Waals surface area contributed by atoms with Crippen molar-refractivity contribution < 1.29 is 18.7 Å². The number of ether oxygens (including phenoxy) is 1. The fourth-order valence-electron chi connectivity index (χ4n) is 4.16. The SMILES string of the molecule is Cc1ccc(CN(Cc2ccco2)C(=O)C2CCCN(C(=O)CCOc3ccccc3)C2)s1. The van der Waals surface area contributed by atoms with Crippen molar-refractivity contribution in [1.82, 2.24) is 9.80 Å². The number of hydrogen-bond acceptors (Lipinski definition) is 5. The molecular formula is C26H30N2O4S. The summed E-state index contributed by atoms with van der Waals surface area (Å²) in [5.41, 5.74) is 0. The quantitative estimate of drug-likeness (QED) is 0.451. The maximum Gasteiger partial charge on any atom is 0.228 e. The molecule has 1 aromatic carbocycles. The van der Waals surface area contributed by atoms with Crippen molar-refractivity contribution in [3.05, 3.63) is 76.4 Å². The Bertz CT molecular complexity index is 1030. The number of furan rings is 1. The molecule has 1 fully saturated rings. The standard InChI is InChI=1S/C26H30N2O4S/c1-20-11-12-24(33-20)19-28(18-23-10-6-15-31-23)26(30)21-7-5-14-27(17-21)25(29)13-16-32-22-8-3-2-4-9-22/h2-4,6,8-12,15,21H,5,7,13-14,16-19H2,1H3. The number of likely N-dealkylation sites (tertiary alicyclic amines) is 1. The van der Waals surface area contributed by atoms with E-state index in [1.54, 1.807) is 17.6 Å². The van der Waals surface area contributed by atoms with Crippen LogP contribution in [0.3, 0.4) is 0 Å². The molecule has 3 aromatic rings. The highest BCUT2D eigenvalue weighted by Gasteiger charge is 2.31. The van der Waals surface area contributed by atoms with Crippen LogP contribution < -0.4 is 4.74 Å². The summed E-state index contributed by atoms with van der Waals surface area (Å²) in [6.07, 6.45) is 3.56. The van der Waals surface area contributed by atoms with Gasteiger partial charge in [-0.05, 0) is 56.2 Å². The highest BCUT2D eigenvalue weighted by molar-refractivity contribution is 7.11. The van der Waals surface area contributed by atoms with Crippen LogP contribution in [0, 0.1) is 12.8 Å². The summed E-state index contributed by atoms with van der Waals surface area (Å²) in [6, 6.07) is 17.4. The summed E-state index contributed by atoms with van der Waals surface area (Å²) in [7, 11) is 0. The van der Waals surface area contributed by atoms with Crippen molar-refractivity contribution in [2.24, 2.45) is 5.92 Å². The second-order valence-corrected chi connectivity index (χ2v) is 9.75. The summed E-state index contributed by atoms with van der Waals surface area (Å²) in [5, 5.41) is 0. The van der Waals surface area contributed by atoms with Crippen LogP contribution >= 0.6 is 11.3 Å². The van der Waals surface area contributed by atoms with Crippen LogP contribution in [0.1, 0.15) is 34.8 Å². The van der Waals surface area contributed by atoms with E-state index in [2.05, 4.69) is 19.1 Å². The second kappa shape index (κ2) is 11.2. The molecule has 0 N–H and O–H groups in total. The average molecular weight is 467 g/mol. The van der Waals surface area contributed by atoms with Gasteiger partial charge in [0, 0.05) is 22.8 Å². The molecule has 1 aliphatic rings. The first-order valence-electron chi connectivity index (χ1n) is 11.4. The maximum absolute atomic E-state index is 13.5.